The Morgan fingerprint density at radius 3 is 2.63 bits per heavy atom. The molecule has 0 fully saturated rings. The maximum atomic E-state index is 10.8. The Balaban J connectivity index is 2.15. The van der Waals surface area contributed by atoms with Crippen molar-refractivity contribution < 1.29 is 9.90 Å². The van der Waals surface area contributed by atoms with Crippen LogP contribution in [0.15, 0.2) is 48.6 Å². The van der Waals surface area contributed by atoms with Gasteiger partial charge in [0, 0.05) is 26.0 Å². The zero-order valence-corrected chi connectivity index (χ0v) is 10.4. The van der Waals surface area contributed by atoms with Gasteiger partial charge < -0.3 is 14.9 Å². The van der Waals surface area contributed by atoms with Crippen LogP contribution >= 0.6 is 0 Å². The molecule has 0 radical (unpaired) electrons. The molecular formula is C14H13N3O2. The molecule has 1 heterocycles. The number of nitrogens with zero attached hydrogens (tertiary/aromatic N) is 3. The van der Waals surface area contributed by atoms with Crippen molar-refractivity contribution >= 4 is 5.97 Å². The minimum atomic E-state index is -0.977. The molecule has 1 aromatic rings. The first-order valence-electron chi connectivity index (χ1n) is 5.71. The predicted octanol–water partition coefficient (Wildman–Crippen LogP) is 1.70. The van der Waals surface area contributed by atoms with Crippen LogP contribution in [0.3, 0.4) is 0 Å². The Hall–Kier alpha value is -2.74. The van der Waals surface area contributed by atoms with Crippen LogP contribution in [0.2, 0.25) is 0 Å². The normalized spacial score (nSPS) is 15.9. The van der Waals surface area contributed by atoms with Gasteiger partial charge in [-0.2, -0.15) is 5.26 Å². The van der Waals surface area contributed by atoms with E-state index in [0.717, 1.165) is 5.56 Å². The quantitative estimate of drug-likeness (QED) is 0.833. The summed E-state index contributed by atoms with van der Waals surface area (Å²) in [5.41, 5.74) is 1.62. The third-order valence-corrected chi connectivity index (χ3v) is 2.81. The van der Waals surface area contributed by atoms with Crippen LogP contribution in [0.4, 0.5) is 0 Å². The molecule has 5 nitrogen and oxygen atoms in total. The molecule has 0 saturated carbocycles. The van der Waals surface area contributed by atoms with Crippen LogP contribution in [0.1, 0.15) is 11.1 Å². The molecule has 19 heavy (non-hydrogen) atoms. The van der Waals surface area contributed by atoms with Crippen molar-refractivity contribution in [3.8, 4) is 6.07 Å². The highest BCUT2D eigenvalue weighted by Crippen LogP contribution is 2.20. The first kappa shape index (κ1) is 12.7. The van der Waals surface area contributed by atoms with E-state index >= 15 is 0 Å². The topological polar surface area (TPSA) is 67.6 Å². The number of benzene rings is 1. The third-order valence-electron chi connectivity index (χ3n) is 2.81. The van der Waals surface area contributed by atoms with Crippen molar-refractivity contribution in [2.45, 2.75) is 6.54 Å². The fraction of sp³-hybridized carbons (Fsp3) is 0.143. The average Bonchev–Trinajstić information content (AvgIpc) is 2.72. The third kappa shape index (κ3) is 2.93. The highest BCUT2D eigenvalue weighted by Gasteiger charge is 2.17. The molecule has 1 aliphatic heterocycles. The van der Waals surface area contributed by atoms with Crippen LogP contribution in [-0.2, 0) is 11.3 Å². The fourth-order valence-electron chi connectivity index (χ4n) is 1.85. The van der Waals surface area contributed by atoms with Crippen molar-refractivity contribution in [2.75, 3.05) is 7.05 Å². The Morgan fingerprint density at radius 2 is 2.05 bits per heavy atom. The van der Waals surface area contributed by atoms with E-state index in [1.807, 2.05) is 23.2 Å². The molecule has 1 N–H and O–H groups in total. The molecule has 1 aromatic carbocycles. The van der Waals surface area contributed by atoms with E-state index in [1.54, 1.807) is 30.3 Å². The lowest BCUT2D eigenvalue weighted by atomic mass is 10.1. The number of hydrogen-bond donors (Lipinski definition) is 1. The molecule has 2 rings (SSSR count). The van der Waals surface area contributed by atoms with Gasteiger partial charge in [-0.15, -0.1) is 0 Å². The smallest absolute Gasteiger partial charge is 0.331 e. The molecular weight excluding hydrogens is 242 g/mol. The standard InChI is InChI=1S/C14H13N3O2/c1-16-6-7-17(13(16)8-14(18)19)10-12-4-2-11(9-15)3-5-12/h2-8H,10H2,1H3,(H,18,19). The molecule has 0 aliphatic carbocycles. The highest BCUT2D eigenvalue weighted by molar-refractivity contribution is 5.80. The number of rotatable bonds is 3. The minimum Gasteiger partial charge on any atom is -0.478 e. The lowest BCUT2D eigenvalue weighted by Crippen LogP contribution is -2.21. The zero-order valence-electron chi connectivity index (χ0n) is 10.4. The maximum Gasteiger partial charge on any atom is 0.331 e. The average molecular weight is 255 g/mol. The molecule has 0 spiro atoms. The van der Waals surface area contributed by atoms with E-state index in [4.69, 9.17) is 10.4 Å². The molecule has 0 amide bonds. The molecule has 0 saturated heterocycles. The first-order valence-corrected chi connectivity index (χ1v) is 5.71. The van der Waals surface area contributed by atoms with Crippen LogP contribution < -0.4 is 0 Å². The van der Waals surface area contributed by atoms with E-state index < -0.39 is 5.97 Å². The number of aliphatic carboxylic acids is 1. The summed E-state index contributed by atoms with van der Waals surface area (Å²) in [4.78, 5) is 14.4. The monoisotopic (exact) mass is 255 g/mol. The van der Waals surface area contributed by atoms with Gasteiger partial charge in [-0.25, -0.2) is 4.79 Å². The zero-order chi connectivity index (χ0) is 13.8. The van der Waals surface area contributed by atoms with Gasteiger partial charge in [0.15, 0.2) is 0 Å². The number of hydrogen-bond acceptors (Lipinski definition) is 4. The fourth-order valence-corrected chi connectivity index (χ4v) is 1.85. The Bertz CT molecular complexity index is 582. The van der Waals surface area contributed by atoms with Crippen molar-refractivity contribution in [3.05, 3.63) is 59.7 Å². The van der Waals surface area contributed by atoms with Crippen molar-refractivity contribution in [3.63, 3.8) is 0 Å². The van der Waals surface area contributed by atoms with E-state index in [1.165, 1.54) is 6.08 Å². The Labute approximate surface area is 111 Å². The van der Waals surface area contributed by atoms with E-state index in [0.29, 0.717) is 17.9 Å². The van der Waals surface area contributed by atoms with Crippen molar-refractivity contribution in [2.24, 2.45) is 0 Å². The summed E-state index contributed by atoms with van der Waals surface area (Å²) in [7, 11) is 1.80. The van der Waals surface area contributed by atoms with Gasteiger partial charge >= 0.3 is 5.97 Å². The molecule has 0 bridgehead atoms. The summed E-state index contributed by atoms with van der Waals surface area (Å²) in [6.07, 6.45) is 4.80. The largest absolute Gasteiger partial charge is 0.478 e. The second-order valence-electron chi connectivity index (χ2n) is 4.19. The van der Waals surface area contributed by atoms with E-state index in [9.17, 15) is 4.79 Å². The molecule has 0 unspecified atom stereocenters. The number of carboxylic acids is 1. The van der Waals surface area contributed by atoms with Crippen molar-refractivity contribution in [1.29, 1.82) is 5.26 Å². The number of nitriles is 1. The highest BCUT2D eigenvalue weighted by atomic mass is 16.4. The van der Waals surface area contributed by atoms with Gasteiger partial charge in [0.1, 0.15) is 5.82 Å². The summed E-state index contributed by atoms with van der Waals surface area (Å²) in [5.74, 6) is -0.368. The van der Waals surface area contributed by atoms with E-state index in [-0.39, 0.29) is 0 Å². The molecule has 5 heteroatoms. The molecule has 1 aliphatic rings. The van der Waals surface area contributed by atoms with Gasteiger partial charge in [0.25, 0.3) is 0 Å². The van der Waals surface area contributed by atoms with Gasteiger partial charge in [-0.05, 0) is 17.7 Å². The van der Waals surface area contributed by atoms with Gasteiger partial charge in [0.05, 0.1) is 17.7 Å². The lowest BCUT2D eigenvalue weighted by molar-refractivity contribution is -0.131. The maximum absolute atomic E-state index is 10.8. The second-order valence-corrected chi connectivity index (χ2v) is 4.19. The first-order chi connectivity index (χ1) is 9.10. The van der Waals surface area contributed by atoms with E-state index in [2.05, 4.69) is 6.07 Å². The summed E-state index contributed by atoms with van der Waals surface area (Å²) < 4.78 is 0. The minimum absolute atomic E-state index is 0.561. The van der Waals surface area contributed by atoms with Crippen LogP contribution in [0.5, 0.6) is 0 Å². The van der Waals surface area contributed by atoms with Crippen molar-refractivity contribution in [1.82, 2.24) is 9.80 Å². The Kier molecular flexibility index (Phi) is 3.53. The molecule has 96 valence electrons. The van der Waals surface area contributed by atoms with Crippen LogP contribution in [-0.4, -0.2) is 27.9 Å². The molecule has 0 aromatic heterocycles. The SMILES string of the molecule is CN1C=CN(Cc2ccc(C#N)cc2)C1=CC(=O)O. The number of carbonyl (C=O) groups is 1. The van der Waals surface area contributed by atoms with Crippen LogP contribution in [0, 0.1) is 11.3 Å². The van der Waals surface area contributed by atoms with Gasteiger partial charge in [-0.3, -0.25) is 0 Å². The Morgan fingerprint density at radius 1 is 1.37 bits per heavy atom. The molecule has 0 atom stereocenters. The summed E-state index contributed by atoms with van der Waals surface area (Å²) >= 11 is 0. The van der Waals surface area contributed by atoms with Gasteiger partial charge in [0.2, 0.25) is 0 Å². The number of carboxylic acid groups (broad SMARTS) is 1. The second kappa shape index (κ2) is 5.27. The van der Waals surface area contributed by atoms with Crippen LogP contribution in [0.25, 0.3) is 0 Å². The summed E-state index contributed by atoms with van der Waals surface area (Å²) in [5, 5.41) is 17.6. The lowest BCUT2D eigenvalue weighted by Gasteiger charge is -2.21. The summed E-state index contributed by atoms with van der Waals surface area (Å²) in [6.45, 7) is 0.561. The predicted molar refractivity (Wildman–Crippen MR) is 69.3 cm³/mol. The summed E-state index contributed by atoms with van der Waals surface area (Å²) in [6, 6.07) is 9.29. The van der Waals surface area contributed by atoms with Gasteiger partial charge in [-0.1, -0.05) is 12.1 Å².